The van der Waals surface area contributed by atoms with Crippen molar-refractivity contribution in [1.82, 2.24) is 15.3 Å². The highest BCUT2D eigenvalue weighted by Crippen LogP contribution is 2.41. The number of pyridine rings is 2. The van der Waals surface area contributed by atoms with Gasteiger partial charge >= 0.3 is 0 Å². The Morgan fingerprint density at radius 3 is 2.38 bits per heavy atom. The molecule has 0 unspecified atom stereocenters. The number of carbonyl (C=O) groups is 1. The monoisotopic (exact) mass is 425 g/mol. The van der Waals surface area contributed by atoms with Gasteiger partial charge in [0, 0.05) is 30.6 Å². The molecule has 1 aliphatic rings. The third-order valence-electron chi connectivity index (χ3n) is 5.73. The van der Waals surface area contributed by atoms with Gasteiger partial charge in [-0.2, -0.15) is 0 Å². The molecule has 32 heavy (non-hydrogen) atoms. The van der Waals surface area contributed by atoms with Crippen molar-refractivity contribution < 1.29 is 13.9 Å². The van der Waals surface area contributed by atoms with Crippen LogP contribution in [0.3, 0.4) is 0 Å². The molecule has 0 spiro atoms. The molecule has 0 aliphatic carbocycles. The molecule has 1 N–H and O–H groups in total. The van der Waals surface area contributed by atoms with Crippen LogP contribution in [-0.4, -0.2) is 22.5 Å². The van der Waals surface area contributed by atoms with E-state index in [1.165, 1.54) is 24.3 Å². The van der Waals surface area contributed by atoms with Gasteiger partial charge < -0.3 is 10.1 Å². The van der Waals surface area contributed by atoms with Crippen LogP contribution in [0.25, 0.3) is 11.1 Å². The van der Waals surface area contributed by atoms with Gasteiger partial charge in [-0.3, -0.25) is 14.8 Å². The van der Waals surface area contributed by atoms with Gasteiger partial charge in [0.25, 0.3) is 5.91 Å². The predicted molar refractivity (Wildman–Crippen MR) is 119 cm³/mol. The van der Waals surface area contributed by atoms with Crippen molar-refractivity contribution in [3.63, 3.8) is 0 Å². The van der Waals surface area contributed by atoms with E-state index in [1.54, 1.807) is 18.6 Å². The Morgan fingerprint density at radius 2 is 1.62 bits per heavy atom. The zero-order valence-corrected chi connectivity index (χ0v) is 17.2. The summed E-state index contributed by atoms with van der Waals surface area (Å²) in [5.41, 5.74) is 3.15. The maximum absolute atomic E-state index is 13.4. The predicted octanol–water partition coefficient (Wildman–Crippen LogP) is 4.74. The van der Waals surface area contributed by atoms with E-state index in [4.69, 9.17) is 4.74 Å². The Morgan fingerprint density at radius 1 is 0.906 bits per heavy atom. The van der Waals surface area contributed by atoms with Crippen LogP contribution < -0.4 is 10.1 Å². The van der Waals surface area contributed by atoms with Gasteiger partial charge in [-0.1, -0.05) is 24.3 Å². The van der Waals surface area contributed by atoms with Crippen LogP contribution in [0.5, 0.6) is 5.75 Å². The molecule has 2 aromatic carbocycles. The van der Waals surface area contributed by atoms with Crippen LogP contribution in [-0.2, 0) is 5.54 Å². The minimum Gasteiger partial charge on any atom is -0.491 e. The zero-order valence-electron chi connectivity index (χ0n) is 17.2. The fourth-order valence-corrected chi connectivity index (χ4v) is 4.09. The Bertz CT molecular complexity index is 1240. The Hall–Kier alpha value is -4.06. The third kappa shape index (κ3) is 3.60. The second-order valence-corrected chi connectivity index (χ2v) is 7.63. The molecule has 0 saturated carbocycles. The van der Waals surface area contributed by atoms with E-state index in [2.05, 4.69) is 15.3 Å². The van der Waals surface area contributed by atoms with Crippen molar-refractivity contribution in [2.75, 3.05) is 6.61 Å². The molecule has 4 aromatic rings. The van der Waals surface area contributed by atoms with E-state index >= 15 is 0 Å². The zero-order chi connectivity index (χ0) is 22.0. The van der Waals surface area contributed by atoms with Crippen molar-refractivity contribution in [3.05, 3.63) is 114 Å². The first-order valence-electron chi connectivity index (χ1n) is 10.3. The maximum atomic E-state index is 13.4. The lowest BCUT2D eigenvalue weighted by molar-refractivity contribution is 0.0883. The first-order valence-corrected chi connectivity index (χ1v) is 10.3. The van der Waals surface area contributed by atoms with Gasteiger partial charge in [-0.15, -0.1) is 0 Å². The lowest BCUT2D eigenvalue weighted by Crippen LogP contribution is -2.50. The number of halogens is 1. The topological polar surface area (TPSA) is 64.1 Å². The quantitative estimate of drug-likeness (QED) is 0.513. The molecule has 6 heteroatoms. The normalized spacial score (nSPS) is 17.2. The van der Waals surface area contributed by atoms with E-state index in [-0.39, 0.29) is 11.7 Å². The fraction of sp³-hybridized carbons (Fsp3) is 0.115. The SMILES string of the molecule is O=C(N[C@]1(c2ccc(-c3ccncc3)cc2)CCOc2cccnc21)c1ccc(F)cc1. The number of fused-ring (bicyclic) bond motifs is 1. The molecule has 158 valence electrons. The van der Waals surface area contributed by atoms with Crippen LogP contribution in [0.2, 0.25) is 0 Å². The summed E-state index contributed by atoms with van der Waals surface area (Å²) in [5, 5.41) is 3.19. The fourth-order valence-electron chi connectivity index (χ4n) is 4.09. The number of nitrogens with one attached hydrogen (secondary N) is 1. The number of aromatic nitrogens is 2. The van der Waals surface area contributed by atoms with Gasteiger partial charge in [0.15, 0.2) is 0 Å². The summed E-state index contributed by atoms with van der Waals surface area (Å²) < 4.78 is 19.2. The van der Waals surface area contributed by atoms with E-state index < -0.39 is 5.54 Å². The largest absolute Gasteiger partial charge is 0.491 e. The highest BCUT2D eigenvalue weighted by molar-refractivity contribution is 5.95. The van der Waals surface area contributed by atoms with E-state index in [0.717, 1.165) is 16.7 Å². The summed E-state index contributed by atoms with van der Waals surface area (Å²) in [7, 11) is 0. The first-order chi connectivity index (χ1) is 15.7. The first kappa shape index (κ1) is 19.9. The van der Waals surface area contributed by atoms with E-state index in [9.17, 15) is 9.18 Å². The molecule has 3 heterocycles. The summed E-state index contributed by atoms with van der Waals surface area (Å²) in [6.07, 6.45) is 5.72. The van der Waals surface area contributed by atoms with Crippen LogP contribution >= 0.6 is 0 Å². The van der Waals surface area contributed by atoms with Crippen molar-refractivity contribution >= 4 is 5.91 Å². The molecule has 1 aliphatic heterocycles. The standard InChI is InChI=1S/C26H20FN3O2/c27-22-9-5-20(6-10-22)25(31)30-26(13-17-32-23-2-1-14-29-24(23)26)21-7-3-18(4-8-21)19-11-15-28-16-12-19/h1-12,14-16H,13,17H2,(H,30,31)/t26-/m0/s1. The van der Waals surface area contributed by atoms with Gasteiger partial charge in [-0.05, 0) is 65.2 Å². The molecule has 0 fully saturated rings. The second-order valence-electron chi connectivity index (χ2n) is 7.63. The molecule has 0 radical (unpaired) electrons. The molecule has 5 nitrogen and oxygen atoms in total. The molecule has 0 bridgehead atoms. The van der Waals surface area contributed by atoms with Crippen LogP contribution in [0.1, 0.15) is 28.0 Å². The highest BCUT2D eigenvalue weighted by atomic mass is 19.1. The third-order valence-corrected chi connectivity index (χ3v) is 5.73. The Balaban J connectivity index is 1.58. The highest BCUT2D eigenvalue weighted by Gasteiger charge is 2.42. The minimum absolute atomic E-state index is 0.304. The van der Waals surface area contributed by atoms with E-state index in [0.29, 0.717) is 30.0 Å². The van der Waals surface area contributed by atoms with Crippen molar-refractivity contribution in [1.29, 1.82) is 0 Å². The average molecular weight is 425 g/mol. The Labute approximate surface area is 184 Å². The average Bonchev–Trinajstić information content (AvgIpc) is 2.85. The summed E-state index contributed by atoms with van der Waals surface area (Å²) in [6.45, 7) is 0.425. The number of hydrogen-bond acceptors (Lipinski definition) is 4. The molecule has 2 aromatic heterocycles. The number of benzene rings is 2. The number of ether oxygens (including phenoxy) is 1. The summed E-state index contributed by atoms with van der Waals surface area (Å²) >= 11 is 0. The van der Waals surface area contributed by atoms with Crippen LogP contribution in [0.4, 0.5) is 4.39 Å². The molecule has 1 atom stereocenters. The minimum atomic E-state index is -0.878. The molecular weight excluding hydrogens is 405 g/mol. The lowest BCUT2D eigenvalue weighted by atomic mass is 9.80. The second kappa shape index (κ2) is 8.23. The molecule has 5 rings (SSSR count). The summed E-state index contributed by atoms with van der Waals surface area (Å²) in [5.74, 6) is -0.0564. The van der Waals surface area contributed by atoms with Crippen molar-refractivity contribution in [2.24, 2.45) is 0 Å². The van der Waals surface area contributed by atoms with Crippen LogP contribution in [0.15, 0.2) is 91.4 Å². The summed E-state index contributed by atoms with van der Waals surface area (Å²) in [6, 6.07) is 21.1. The van der Waals surface area contributed by atoms with Crippen LogP contribution in [0, 0.1) is 5.82 Å². The number of amides is 1. The maximum Gasteiger partial charge on any atom is 0.252 e. The van der Waals surface area contributed by atoms with Gasteiger partial charge in [0.2, 0.25) is 0 Å². The smallest absolute Gasteiger partial charge is 0.252 e. The number of hydrogen-bond donors (Lipinski definition) is 1. The van der Waals surface area contributed by atoms with E-state index in [1.807, 2.05) is 48.5 Å². The van der Waals surface area contributed by atoms with Crippen molar-refractivity contribution in [2.45, 2.75) is 12.0 Å². The Kier molecular flexibility index (Phi) is 5.11. The van der Waals surface area contributed by atoms with Gasteiger partial charge in [0.1, 0.15) is 22.8 Å². The molecular formula is C26H20FN3O2. The van der Waals surface area contributed by atoms with Gasteiger partial charge in [-0.25, -0.2) is 4.39 Å². The number of carbonyl (C=O) groups excluding carboxylic acids is 1. The number of rotatable bonds is 4. The number of nitrogens with zero attached hydrogens (tertiary/aromatic N) is 2. The molecule has 1 amide bonds. The summed E-state index contributed by atoms with van der Waals surface area (Å²) in [4.78, 5) is 21.8. The lowest BCUT2D eigenvalue weighted by Gasteiger charge is -2.39. The van der Waals surface area contributed by atoms with Gasteiger partial charge in [0.05, 0.1) is 6.61 Å². The molecule has 0 saturated heterocycles. The van der Waals surface area contributed by atoms with Crippen molar-refractivity contribution in [3.8, 4) is 16.9 Å².